The molecule has 0 aliphatic carbocycles. The quantitative estimate of drug-likeness (QED) is 0.638. The zero-order valence-electron chi connectivity index (χ0n) is 12.2. The van der Waals surface area contributed by atoms with E-state index in [9.17, 15) is 19.7 Å². The summed E-state index contributed by atoms with van der Waals surface area (Å²) in [6.07, 6.45) is -0.200. The van der Waals surface area contributed by atoms with Gasteiger partial charge in [-0.3, -0.25) is 19.7 Å². The van der Waals surface area contributed by atoms with Crippen LogP contribution in [0.1, 0.15) is 43.1 Å². The van der Waals surface area contributed by atoms with Crippen LogP contribution in [0, 0.1) is 10.1 Å². The molecule has 114 valence electrons. The molecule has 0 unspecified atom stereocenters. The molecule has 0 fully saturated rings. The summed E-state index contributed by atoms with van der Waals surface area (Å²) >= 11 is 0. The summed E-state index contributed by atoms with van der Waals surface area (Å²) in [6, 6.07) is 4.28. The number of hydrogen-bond donors (Lipinski definition) is 2. The molecule has 2 N–H and O–H groups in total. The lowest BCUT2D eigenvalue weighted by atomic mass is 9.85. The third-order valence-electron chi connectivity index (χ3n) is 2.89. The van der Waals surface area contributed by atoms with Gasteiger partial charge < -0.3 is 10.4 Å². The van der Waals surface area contributed by atoms with Gasteiger partial charge in [0.25, 0.3) is 11.6 Å². The lowest BCUT2D eigenvalue weighted by Gasteiger charge is -2.19. The average Bonchev–Trinajstić information content (AvgIpc) is 2.36. The Kier molecular flexibility index (Phi) is 5.02. The number of carbonyl (C=O) groups is 2. The molecule has 1 rings (SSSR count). The van der Waals surface area contributed by atoms with E-state index < -0.39 is 22.2 Å². The lowest BCUT2D eigenvalue weighted by molar-refractivity contribution is -0.386. The molecule has 0 saturated carbocycles. The van der Waals surface area contributed by atoms with Crippen LogP contribution in [-0.2, 0) is 10.2 Å². The maximum absolute atomic E-state index is 11.8. The van der Waals surface area contributed by atoms with Crippen LogP contribution in [-0.4, -0.2) is 28.5 Å². The molecular formula is C14H18N2O5. The Hall–Kier alpha value is -2.44. The van der Waals surface area contributed by atoms with Crippen LogP contribution in [0.2, 0.25) is 0 Å². The van der Waals surface area contributed by atoms with Gasteiger partial charge in [0, 0.05) is 23.7 Å². The van der Waals surface area contributed by atoms with Crippen molar-refractivity contribution in [3.05, 3.63) is 39.4 Å². The number of carbonyl (C=O) groups excluding carboxylic acids is 1. The first-order chi connectivity index (χ1) is 9.62. The van der Waals surface area contributed by atoms with E-state index in [2.05, 4.69) is 5.32 Å². The Bertz CT molecular complexity index is 575. The highest BCUT2D eigenvalue weighted by Gasteiger charge is 2.26. The molecule has 7 nitrogen and oxygen atoms in total. The molecule has 0 spiro atoms. The number of rotatable bonds is 5. The fraction of sp³-hybridized carbons (Fsp3) is 0.429. The van der Waals surface area contributed by atoms with Crippen LogP contribution in [0.4, 0.5) is 5.69 Å². The standard InChI is InChI=1S/C14H18N2O5/c1-14(2,3)10-5-4-9(8-11(10)16(20)21)13(19)15-7-6-12(17)18/h4-5,8H,6-7H2,1-3H3,(H,15,19)(H,17,18). The molecule has 0 aliphatic rings. The van der Waals surface area contributed by atoms with Crippen molar-refractivity contribution in [1.82, 2.24) is 5.32 Å². The monoisotopic (exact) mass is 294 g/mol. The van der Waals surface area contributed by atoms with E-state index in [4.69, 9.17) is 5.11 Å². The maximum Gasteiger partial charge on any atom is 0.305 e. The van der Waals surface area contributed by atoms with Gasteiger partial charge in [-0.1, -0.05) is 26.8 Å². The molecule has 0 aromatic heterocycles. The zero-order chi connectivity index (χ0) is 16.2. The van der Waals surface area contributed by atoms with Crippen LogP contribution < -0.4 is 5.32 Å². The summed E-state index contributed by atoms with van der Waals surface area (Å²) in [7, 11) is 0. The zero-order valence-corrected chi connectivity index (χ0v) is 12.2. The Labute approximate surface area is 122 Å². The number of nitrogens with zero attached hydrogens (tertiary/aromatic N) is 1. The molecule has 21 heavy (non-hydrogen) atoms. The van der Waals surface area contributed by atoms with Crippen molar-refractivity contribution in [2.75, 3.05) is 6.54 Å². The molecule has 1 aromatic carbocycles. The predicted molar refractivity (Wildman–Crippen MR) is 76.4 cm³/mol. The van der Waals surface area contributed by atoms with Crippen molar-refractivity contribution in [2.45, 2.75) is 32.6 Å². The van der Waals surface area contributed by atoms with Gasteiger partial charge in [-0.25, -0.2) is 0 Å². The third kappa shape index (κ3) is 4.55. The molecule has 0 radical (unpaired) electrons. The third-order valence-corrected chi connectivity index (χ3v) is 2.89. The number of amides is 1. The number of nitrogens with one attached hydrogen (secondary N) is 1. The lowest BCUT2D eigenvalue weighted by Crippen LogP contribution is -2.26. The van der Waals surface area contributed by atoms with Crippen molar-refractivity contribution in [3.8, 4) is 0 Å². The number of hydrogen-bond acceptors (Lipinski definition) is 4. The van der Waals surface area contributed by atoms with Crippen LogP contribution in [0.3, 0.4) is 0 Å². The molecular weight excluding hydrogens is 276 g/mol. The molecule has 0 aliphatic heterocycles. The number of carboxylic acids is 1. The van der Waals surface area contributed by atoms with E-state index in [0.29, 0.717) is 5.56 Å². The minimum atomic E-state index is -1.02. The minimum Gasteiger partial charge on any atom is -0.481 e. The Morgan fingerprint density at radius 2 is 1.95 bits per heavy atom. The van der Waals surface area contributed by atoms with Gasteiger partial charge in [0.05, 0.1) is 11.3 Å². The number of benzene rings is 1. The highest BCUT2D eigenvalue weighted by Crippen LogP contribution is 2.31. The SMILES string of the molecule is CC(C)(C)c1ccc(C(=O)NCCC(=O)O)cc1[N+](=O)[O-]. The Morgan fingerprint density at radius 1 is 1.33 bits per heavy atom. The first-order valence-corrected chi connectivity index (χ1v) is 6.42. The first kappa shape index (κ1) is 16.6. The second-order valence-electron chi connectivity index (χ2n) is 5.64. The van der Waals surface area contributed by atoms with Gasteiger partial charge in [0.15, 0.2) is 0 Å². The van der Waals surface area contributed by atoms with Crippen molar-refractivity contribution < 1.29 is 19.6 Å². The van der Waals surface area contributed by atoms with Gasteiger partial charge in [-0.05, 0) is 11.5 Å². The number of nitro groups is 1. The van der Waals surface area contributed by atoms with Crippen LogP contribution in [0.25, 0.3) is 0 Å². The van der Waals surface area contributed by atoms with Gasteiger partial charge >= 0.3 is 5.97 Å². The normalized spacial score (nSPS) is 11.0. The van der Waals surface area contributed by atoms with Crippen molar-refractivity contribution >= 4 is 17.6 Å². The van der Waals surface area contributed by atoms with E-state index in [1.54, 1.807) is 6.07 Å². The highest BCUT2D eigenvalue weighted by molar-refractivity contribution is 5.95. The molecule has 0 heterocycles. The molecule has 7 heteroatoms. The van der Waals surface area contributed by atoms with Crippen LogP contribution in [0.5, 0.6) is 0 Å². The Morgan fingerprint density at radius 3 is 2.43 bits per heavy atom. The molecule has 0 bridgehead atoms. The fourth-order valence-corrected chi connectivity index (χ4v) is 1.84. The summed E-state index contributed by atoms with van der Waals surface area (Å²) < 4.78 is 0. The summed E-state index contributed by atoms with van der Waals surface area (Å²) in [5.74, 6) is -1.55. The van der Waals surface area contributed by atoms with E-state index in [-0.39, 0.29) is 24.2 Å². The topological polar surface area (TPSA) is 110 Å². The second kappa shape index (κ2) is 6.34. The largest absolute Gasteiger partial charge is 0.481 e. The average molecular weight is 294 g/mol. The summed E-state index contributed by atoms with van der Waals surface area (Å²) in [5.41, 5.74) is 0.142. The van der Waals surface area contributed by atoms with Crippen LogP contribution in [0.15, 0.2) is 18.2 Å². The minimum absolute atomic E-state index is 0.0248. The van der Waals surface area contributed by atoms with Crippen molar-refractivity contribution in [2.24, 2.45) is 0 Å². The smallest absolute Gasteiger partial charge is 0.305 e. The van der Waals surface area contributed by atoms with Gasteiger partial charge in [0.2, 0.25) is 0 Å². The van der Waals surface area contributed by atoms with Gasteiger partial charge in [-0.2, -0.15) is 0 Å². The number of carboxylic acid groups (broad SMARTS) is 1. The van der Waals surface area contributed by atoms with E-state index in [1.165, 1.54) is 12.1 Å². The van der Waals surface area contributed by atoms with E-state index >= 15 is 0 Å². The first-order valence-electron chi connectivity index (χ1n) is 6.42. The molecule has 0 atom stereocenters. The predicted octanol–water partition coefficient (Wildman–Crippen LogP) is 2.10. The van der Waals surface area contributed by atoms with Crippen LogP contribution >= 0.6 is 0 Å². The van der Waals surface area contributed by atoms with Crippen molar-refractivity contribution in [1.29, 1.82) is 0 Å². The molecule has 1 aromatic rings. The summed E-state index contributed by atoms with van der Waals surface area (Å²) in [5, 5.41) is 22.1. The molecule has 1 amide bonds. The van der Waals surface area contributed by atoms with Gasteiger partial charge in [-0.15, -0.1) is 0 Å². The maximum atomic E-state index is 11.8. The van der Waals surface area contributed by atoms with E-state index in [0.717, 1.165) is 0 Å². The highest BCUT2D eigenvalue weighted by atomic mass is 16.6. The summed E-state index contributed by atoms with van der Waals surface area (Å²) in [6.45, 7) is 5.52. The van der Waals surface area contributed by atoms with Crippen molar-refractivity contribution in [3.63, 3.8) is 0 Å². The number of nitro benzene ring substituents is 1. The van der Waals surface area contributed by atoms with Gasteiger partial charge in [0.1, 0.15) is 0 Å². The fourth-order valence-electron chi connectivity index (χ4n) is 1.84. The summed E-state index contributed by atoms with van der Waals surface area (Å²) in [4.78, 5) is 32.8. The number of aliphatic carboxylic acids is 1. The molecule has 0 saturated heterocycles. The second-order valence-corrected chi connectivity index (χ2v) is 5.64. The Balaban J connectivity index is 3.01. The van der Waals surface area contributed by atoms with E-state index in [1.807, 2.05) is 20.8 Å².